The van der Waals surface area contributed by atoms with Gasteiger partial charge in [0.15, 0.2) is 11.0 Å². The Balaban J connectivity index is 0.964. The summed E-state index contributed by atoms with van der Waals surface area (Å²) in [5.74, 6) is 8.17. The van der Waals surface area contributed by atoms with Crippen LogP contribution in [0.3, 0.4) is 0 Å². The maximum absolute atomic E-state index is 13.0. The number of nitrogen functional groups attached to an aromatic ring is 1. The number of rotatable bonds is 19. The van der Waals surface area contributed by atoms with Crippen molar-refractivity contribution in [1.82, 2.24) is 40.5 Å². The highest BCUT2D eigenvalue weighted by Gasteiger charge is 2.26. The van der Waals surface area contributed by atoms with Gasteiger partial charge in [-0.15, -0.1) is 11.3 Å². The molecular weight excluding hydrogens is 719 g/mol. The third kappa shape index (κ3) is 11.5. The Morgan fingerprint density at radius 1 is 1.13 bits per heavy atom. The molecule has 0 aromatic carbocycles. The van der Waals surface area contributed by atoms with Crippen molar-refractivity contribution >= 4 is 62.0 Å². The summed E-state index contributed by atoms with van der Waals surface area (Å²) in [6, 6.07) is 2.09. The number of pyridine rings is 1. The number of carbonyl (C=O) groups excluding carboxylic acids is 2. The number of thiophene rings is 1. The lowest BCUT2D eigenvalue weighted by atomic mass is 9.81. The Labute approximate surface area is 326 Å². The van der Waals surface area contributed by atoms with Crippen LogP contribution in [0.1, 0.15) is 93.8 Å². The summed E-state index contributed by atoms with van der Waals surface area (Å²) >= 11 is 3.22. The van der Waals surface area contributed by atoms with Crippen LogP contribution in [0.25, 0.3) is 21.3 Å². The lowest BCUT2D eigenvalue weighted by Crippen LogP contribution is -2.35. The standard InChI is InChI=1S/C39H53N11O2S2/c1-4-5-12-32-48-34-35(36-31(47-37(34)40)20-26(2)54-36)50(32)19-10-9-18-43-38(52)29-16-14-27(15-17-29)21-42-24-30(49-41)25-44-33(51)13-8-6-7-11-28-22-45-39(53-3)46-23-28/h20,22-24,27,29,41-42H,4-6,8-10,12-19,21,25H2,1-3H3,(H2,40,47)(H,43,52)(H,44,51)/b30-24-,49-41?. The van der Waals surface area contributed by atoms with E-state index in [1.165, 1.54) is 16.6 Å². The van der Waals surface area contributed by atoms with E-state index in [2.05, 4.69) is 72.3 Å². The smallest absolute Gasteiger partial charge is 0.223 e. The van der Waals surface area contributed by atoms with Gasteiger partial charge in [-0.1, -0.05) is 36.9 Å². The largest absolute Gasteiger partial charge is 0.389 e. The molecule has 1 saturated carbocycles. The van der Waals surface area contributed by atoms with Crippen LogP contribution in [-0.2, 0) is 22.6 Å². The lowest BCUT2D eigenvalue weighted by molar-refractivity contribution is -0.126. The summed E-state index contributed by atoms with van der Waals surface area (Å²) in [6.07, 6.45) is 17.2. The monoisotopic (exact) mass is 771 g/mol. The number of aromatic nitrogens is 5. The van der Waals surface area contributed by atoms with E-state index in [1.54, 1.807) is 29.9 Å². The highest BCUT2D eigenvalue weighted by molar-refractivity contribution is 7.98. The van der Waals surface area contributed by atoms with Crippen molar-refractivity contribution in [2.75, 3.05) is 31.6 Å². The van der Waals surface area contributed by atoms with E-state index in [4.69, 9.17) is 16.2 Å². The molecule has 288 valence electrons. The number of carbonyl (C=O) groups is 2. The molecule has 1 aliphatic rings. The molecule has 0 radical (unpaired) electrons. The molecule has 1 aliphatic carbocycles. The van der Waals surface area contributed by atoms with Gasteiger partial charge in [0.1, 0.15) is 11.3 Å². The number of thioether (sulfide) groups is 1. The number of anilines is 1. The van der Waals surface area contributed by atoms with E-state index in [0.29, 0.717) is 48.4 Å². The molecule has 2 amide bonds. The first-order valence-electron chi connectivity index (χ1n) is 19.0. The average molecular weight is 772 g/mol. The third-order valence-electron chi connectivity index (χ3n) is 9.69. The Bertz CT molecular complexity index is 1970. The van der Waals surface area contributed by atoms with E-state index < -0.39 is 0 Å². The molecule has 15 heteroatoms. The van der Waals surface area contributed by atoms with Crippen LogP contribution in [0.15, 0.2) is 40.6 Å². The number of nitrogens with one attached hydrogen (secondary N) is 4. The van der Waals surface area contributed by atoms with E-state index in [1.807, 2.05) is 6.26 Å². The summed E-state index contributed by atoms with van der Waals surface area (Å²) < 4.78 is 3.49. The number of imidazole rings is 1. The van der Waals surface area contributed by atoms with Crippen LogP contribution in [0.4, 0.5) is 5.82 Å². The molecule has 0 aliphatic heterocycles. The predicted molar refractivity (Wildman–Crippen MR) is 217 cm³/mol. The minimum absolute atomic E-state index is 0.0430. The number of hydrogen-bond acceptors (Lipinski definition) is 12. The number of fused-ring (bicyclic) bond motifs is 3. The first-order chi connectivity index (χ1) is 26.3. The second kappa shape index (κ2) is 20.8. The van der Waals surface area contributed by atoms with E-state index in [0.717, 1.165) is 104 Å². The molecule has 6 N–H and O–H groups in total. The second-order valence-electron chi connectivity index (χ2n) is 13.8. The molecule has 5 rings (SSSR count). The van der Waals surface area contributed by atoms with Crippen LogP contribution in [-0.4, -0.2) is 62.2 Å². The third-order valence-corrected chi connectivity index (χ3v) is 11.3. The van der Waals surface area contributed by atoms with Crippen LogP contribution in [0, 0.1) is 36.1 Å². The lowest BCUT2D eigenvalue weighted by Gasteiger charge is -2.27. The van der Waals surface area contributed by atoms with Crippen molar-refractivity contribution < 1.29 is 9.59 Å². The molecular formula is C39H53N11O2S2. The summed E-state index contributed by atoms with van der Waals surface area (Å²) in [4.78, 5) is 44.5. The minimum atomic E-state index is -0.0998. The molecule has 4 aromatic heterocycles. The molecule has 4 aromatic rings. The van der Waals surface area contributed by atoms with Gasteiger partial charge in [-0.05, 0) is 76.5 Å². The van der Waals surface area contributed by atoms with Crippen molar-refractivity contribution in [3.63, 3.8) is 0 Å². The normalized spacial score (nSPS) is 15.9. The summed E-state index contributed by atoms with van der Waals surface area (Å²) in [5, 5.41) is 13.6. The number of hydrogen-bond donors (Lipinski definition) is 5. The Morgan fingerprint density at radius 2 is 1.93 bits per heavy atom. The molecule has 0 unspecified atom stereocenters. The van der Waals surface area contributed by atoms with Gasteiger partial charge in [0.05, 0.1) is 33.5 Å². The molecule has 4 heterocycles. The van der Waals surface area contributed by atoms with Crippen LogP contribution in [0.2, 0.25) is 0 Å². The maximum atomic E-state index is 13.0. The summed E-state index contributed by atoms with van der Waals surface area (Å²) in [7, 11) is 0. The highest BCUT2D eigenvalue weighted by atomic mass is 32.2. The van der Waals surface area contributed by atoms with E-state index in [9.17, 15) is 9.59 Å². The quantitative estimate of drug-likeness (QED) is 0.0222. The maximum Gasteiger partial charge on any atom is 0.223 e. The number of aryl methyl sites for hydroxylation is 3. The topological polar surface area (TPSA) is 189 Å². The molecule has 0 atom stereocenters. The van der Waals surface area contributed by atoms with Gasteiger partial charge in [-0.2, -0.15) is 5.11 Å². The van der Waals surface area contributed by atoms with Gasteiger partial charge in [-0.25, -0.2) is 25.5 Å². The molecule has 0 bridgehead atoms. The fourth-order valence-corrected chi connectivity index (χ4v) is 8.04. The fourth-order valence-electron chi connectivity index (χ4n) is 6.72. The summed E-state index contributed by atoms with van der Waals surface area (Å²) in [5.41, 5.74) is 17.9. The molecule has 0 spiro atoms. The average Bonchev–Trinajstić information content (AvgIpc) is 3.74. The van der Waals surface area contributed by atoms with E-state index >= 15 is 0 Å². The SMILES string of the molecule is CCCCc1nc2c(N)nc3cc(C)sc3c2n1CCCCNC(=O)C1CCC(CN/C=C(/CNC(=O)CCCC#Cc2cnc(SC)nc2)N=N)CC1. The molecule has 54 heavy (non-hydrogen) atoms. The summed E-state index contributed by atoms with van der Waals surface area (Å²) in [6.45, 7) is 6.71. The molecule has 13 nitrogen and oxygen atoms in total. The minimum Gasteiger partial charge on any atom is -0.389 e. The van der Waals surface area contributed by atoms with E-state index in [-0.39, 0.29) is 24.3 Å². The molecule has 1 fully saturated rings. The number of nitrogens with zero attached hydrogens (tertiary/aromatic N) is 6. The predicted octanol–water partition coefficient (Wildman–Crippen LogP) is 6.89. The molecule has 0 saturated heterocycles. The van der Waals surface area contributed by atoms with Crippen LogP contribution < -0.4 is 21.7 Å². The van der Waals surface area contributed by atoms with Gasteiger partial charge >= 0.3 is 0 Å². The van der Waals surface area contributed by atoms with Gasteiger partial charge in [-0.3, -0.25) is 9.59 Å². The highest BCUT2D eigenvalue weighted by Crippen LogP contribution is 2.35. The Hall–Kier alpha value is -4.55. The van der Waals surface area contributed by atoms with Crippen molar-refractivity contribution in [3.8, 4) is 11.8 Å². The number of amides is 2. The first-order valence-corrected chi connectivity index (χ1v) is 21.1. The fraction of sp³-hybridized carbons (Fsp3) is 0.538. The zero-order valence-electron chi connectivity index (χ0n) is 31.7. The number of nitrogens with two attached hydrogens (primary N) is 1. The van der Waals surface area contributed by atoms with Crippen LogP contribution >= 0.6 is 23.1 Å². The van der Waals surface area contributed by atoms with Crippen LogP contribution in [0.5, 0.6) is 0 Å². The first kappa shape index (κ1) is 40.6. The van der Waals surface area contributed by atoms with Gasteiger partial charge in [0, 0.05) is 68.3 Å². The van der Waals surface area contributed by atoms with Crippen molar-refractivity contribution in [3.05, 3.63) is 46.6 Å². The zero-order valence-corrected chi connectivity index (χ0v) is 33.3. The number of unbranched alkanes of at least 4 members (excludes halogenated alkanes) is 3. The van der Waals surface area contributed by atoms with Gasteiger partial charge in [0.2, 0.25) is 11.8 Å². The Morgan fingerprint density at radius 3 is 2.67 bits per heavy atom. The zero-order chi connectivity index (χ0) is 38.3. The van der Waals surface area contributed by atoms with Gasteiger partial charge < -0.3 is 26.3 Å². The second-order valence-corrected chi connectivity index (χ2v) is 15.8. The van der Waals surface area contributed by atoms with Gasteiger partial charge in [0.25, 0.3) is 0 Å². The van der Waals surface area contributed by atoms with Crippen molar-refractivity contribution in [2.24, 2.45) is 17.0 Å². The van der Waals surface area contributed by atoms with Crippen molar-refractivity contribution in [2.45, 2.75) is 103 Å². The van der Waals surface area contributed by atoms with Crippen molar-refractivity contribution in [1.29, 1.82) is 5.53 Å². The Kier molecular flexibility index (Phi) is 15.6.